The van der Waals surface area contributed by atoms with Crippen molar-refractivity contribution in [2.45, 2.75) is 16.7 Å². The lowest BCUT2D eigenvalue weighted by Gasteiger charge is -2.10. The quantitative estimate of drug-likeness (QED) is 0.805. The lowest BCUT2D eigenvalue weighted by Crippen LogP contribution is -2.13. The van der Waals surface area contributed by atoms with Gasteiger partial charge in [-0.05, 0) is 47.3 Å². The molecule has 0 aliphatic carbocycles. The van der Waals surface area contributed by atoms with Crippen LogP contribution in [0.4, 0.5) is 5.69 Å². The van der Waals surface area contributed by atoms with E-state index in [0.717, 1.165) is 13.6 Å². The minimum Gasteiger partial charge on any atom is -0.278 e. The number of thioether (sulfide) groups is 1. The van der Waals surface area contributed by atoms with Gasteiger partial charge >= 0.3 is 0 Å². The van der Waals surface area contributed by atoms with E-state index in [4.69, 9.17) is 0 Å². The minimum absolute atomic E-state index is 0.320. The van der Waals surface area contributed by atoms with E-state index in [1.807, 2.05) is 24.5 Å². The summed E-state index contributed by atoms with van der Waals surface area (Å²) in [6.07, 6.45) is 1.92. The zero-order valence-corrected chi connectivity index (χ0v) is 14.3. The molecule has 1 heterocycles. The van der Waals surface area contributed by atoms with Crippen molar-refractivity contribution in [1.29, 1.82) is 0 Å². The number of rotatable bonds is 4. The molecule has 2 aromatic rings. The molecule has 1 aromatic carbocycles. The highest BCUT2D eigenvalue weighted by atomic mass is 79.9. The zero-order chi connectivity index (χ0) is 14.0. The summed E-state index contributed by atoms with van der Waals surface area (Å²) in [5.41, 5.74) is 0.608. The SMILES string of the molecule is CSc1ccccc1NS(=O)(=O)c1cc(Br)sc1C. The number of hydrogen-bond donors (Lipinski definition) is 1. The van der Waals surface area contributed by atoms with Crippen molar-refractivity contribution in [2.75, 3.05) is 11.0 Å². The standard InChI is InChI=1S/C12H12BrNO2S3/c1-8-11(7-12(13)18-8)19(15,16)14-9-5-3-4-6-10(9)17-2/h3-7,14H,1-2H3. The van der Waals surface area contributed by atoms with E-state index < -0.39 is 10.0 Å². The van der Waals surface area contributed by atoms with Crippen LogP contribution < -0.4 is 4.72 Å². The van der Waals surface area contributed by atoms with E-state index in [0.29, 0.717) is 10.6 Å². The van der Waals surface area contributed by atoms with Crippen LogP contribution in [-0.4, -0.2) is 14.7 Å². The van der Waals surface area contributed by atoms with Gasteiger partial charge in [-0.15, -0.1) is 23.1 Å². The van der Waals surface area contributed by atoms with E-state index >= 15 is 0 Å². The number of thiophene rings is 1. The van der Waals surface area contributed by atoms with Crippen LogP contribution in [-0.2, 0) is 10.0 Å². The molecule has 102 valence electrons. The van der Waals surface area contributed by atoms with E-state index in [2.05, 4.69) is 20.7 Å². The summed E-state index contributed by atoms with van der Waals surface area (Å²) in [6.45, 7) is 1.80. The molecule has 3 nitrogen and oxygen atoms in total. The Morgan fingerprint density at radius 1 is 1.32 bits per heavy atom. The Balaban J connectivity index is 2.39. The molecule has 1 N–H and O–H groups in total. The molecule has 7 heteroatoms. The number of halogens is 1. The molecule has 0 spiro atoms. The largest absolute Gasteiger partial charge is 0.278 e. The number of benzene rings is 1. The Morgan fingerprint density at radius 3 is 2.58 bits per heavy atom. The molecule has 0 saturated carbocycles. The van der Waals surface area contributed by atoms with Gasteiger partial charge in [0.2, 0.25) is 0 Å². The Morgan fingerprint density at radius 2 is 2.00 bits per heavy atom. The molecule has 2 rings (SSSR count). The van der Waals surface area contributed by atoms with Gasteiger partial charge in [0.25, 0.3) is 10.0 Å². The monoisotopic (exact) mass is 377 g/mol. The van der Waals surface area contributed by atoms with Crippen LogP contribution in [0, 0.1) is 6.92 Å². The first-order valence-electron chi connectivity index (χ1n) is 5.36. The number of anilines is 1. The summed E-state index contributed by atoms with van der Waals surface area (Å²) < 4.78 is 28.2. The summed E-state index contributed by atoms with van der Waals surface area (Å²) in [7, 11) is -3.54. The maximum Gasteiger partial charge on any atom is 0.263 e. The molecule has 0 unspecified atom stereocenters. The van der Waals surface area contributed by atoms with Crippen molar-refractivity contribution in [2.24, 2.45) is 0 Å². The third-order valence-corrected chi connectivity index (χ3v) is 6.45. The summed E-state index contributed by atoms with van der Waals surface area (Å²) in [5, 5.41) is 0. The van der Waals surface area contributed by atoms with Gasteiger partial charge in [0, 0.05) is 9.77 Å². The van der Waals surface area contributed by atoms with Crippen molar-refractivity contribution in [3.8, 4) is 0 Å². The van der Waals surface area contributed by atoms with Gasteiger partial charge in [-0.25, -0.2) is 8.42 Å². The van der Waals surface area contributed by atoms with Crippen LogP contribution in [0.3, 0.4) is 0 Å². The fourth-order valence-electron chi connectivity index (χ4n) is 1.63. The molecule has 0 aliphatic rings. The molecule has 1 aromatic heterocycles. The zero-order valence-electron chi connectivity index (χ0n) is 10.3. The van der Waals surface area contributed by atoms with Crippen LogP contribution >= 0.6 is 39.0 Å². The normalized spacial score (nSPS) is 11.5. The number of aryl methyl sites for hydroxylation is 1. The Kier molecular flexibility index (Phi) is 4.60. The first-order chi connectivity index (χ1) is 8.94. The molecule has 0 amide bonds. The minimum atomic E-state index is -3.54. The molecular formula is C12H12BrNO2S3. The lowest BCUT2D eigenvalue weighted by molar-refractivity contribution is 0.601. The van der Waals surface area contributed by atoms with Gasteiger partial charge in [-0.3, -0.25) is 4.72 Å². The van der Waals surface area contributed by atoms with Gasteiger partial charge in [-0.2, -0.15) is 0 Å². The van der Waals surface area contributed by atoms with Crippen molar-refractivity contribution in [3.05, 3.63) is 39.0 Å². The second-order valence-electron chi connectivity index (χ2n) is 3.78. The van der Waals surface area contributed by atoms with E-state index in [9.17, 15) is 8.42 Å². The van der Waals surface area contributed by atoms with Crippen LogP contribution in [0.2, 0.25) is 0 Å². The average molecular weight is 378 g/mol. The summed E-state index contributed by atoms with van der Waals surface area (Å²) in [6, 6.07) is 8.98. The highest BCUT2D eigenvalue weighted by molar-refractivity contribution is 9.11. The topological polar surface area (TPSA) is 46.2 Å². The number of sulfonamides is 1. The Bertz CT molecular complexity index is 695. The fraction of sp³-hybridized carbons (Fsp3) is 0.167. The molecule has 0 bridgehead atoms. The predicted octanol–water partition coefficient (Wildman–Crippen LogP) is 4.34. The van der Waals surface area contributed by atoms with Crippen LogP contribution in [0.5, 0.6) is 0 Å². The third kappa shape index (κ3) is 3.34. The van der Waals surface area contributed by atoms with Gasteiger partial charge in [0.15, 0.2) is 0 Å². The second-order valence-corrected chi connectivity index (χ2v) is 8.91. The molecule has 19 heavy (non-hydrogen) atoms. The van der Waals surface area contributed by atoms with E-state index in [1.54, 1.807) is 19.1 Å². The summed E-state index contributed by atoms with van der Waals surface area (Å²) in [4.78, 5) is 1.99. The van der Waals surface area contributed by atoms with Gasteiger partial charge in [0.05, 0.1) is 9.47 Å². The van der Waals surface area contributed by atoms with Gasteiger partial charge < -0.3 is 0 Å². The highest BCUT2D eigenvalue weighted by Gasteiger charge is 2.20. The number of para-hydroxylation sites is 1. The van der Waals surface area contributed by atoms with Crippen molar-refractivity contribution < 1.29 is 8.42 Å². The smallest absolute Gasteiger partial charge is 0.263 e. The third-order valence-electron chi connectivity index (χ3n) is 2.48. The fourth-order valence-corrected chi connectivity index (χ4v) is 5.74. The van der Waals surface area contributed by atoms with Gasteiger partial charge in [0.1, 0.15) is 4.90 Å². The van der Waals surface area contributed by atoms with E-state index in [1.165, 1.54) is 23.1 Å². The number of nitrogens with one attached hydrogen (secondary N) is 1. The molecule has 0 atom stereocenters. The van der Waals surface area contributed by atoms with Crippen LogP contribution in [0.15, 0.2) is 43.9 Å². The molecule has 0 aliphatic heterocycles. The maximum atomic E-state index is 12.4. The molecule has 0 fully saturated rings. The maximum absolute atomic E-state index is 12.4. The number of hydrogen-bond acceptors (Lipinski definition) is 4. The van der Waals surface area contributed by atoms with Crippen molar-refractivity contribution >= 4 is 54.7 Å². The first kappa shape index (κ1) is 14.9. The average Bonchev–Trinajstić information content (AvgIpc) is 2.69. The predicted molar refractivity (Wildman–Crippen MR) is 85.8 cm³/mol. The van der Waals surface area contributed by atoms with Crippen molar-refractivity contribution in [1.82, 2.24) is 0 Å². The molecule has 0 radical (unpaired) electrons. The Labute approximate surface area is 129 Å². The summed E-state index contributed by atoms with van der Waals surface area (Å²) in [5.74, 6) is 0. The van der Waals surface area contributed by atoms with Crippen LogP contribution in [0.1, 0.15) is 4.88 Å². The van der Waals surface area contributed by atoms with Gasteiger partial charge in [-0.1, -0.05) is 12.1 Å². The van der Waals surface area contributed by atoms with Crippen molar-refractivity contribution in [3.63, 3.8) is 0 Å². The molecular weight excluding hydrogens is 366 g/mol. The van der Waals surface area contributed by atoms with E-state index in [-0.39, 0.29) is 0 Å². The second kappa shape index (κ2) is 5.87. The Hall–Kier alpha value is -0.500. The highest BCUT2D eigenvalue weighted by Crippen LogP contribution is 2.32. The molecule has 0 saturated heterocycles. The summed E-state index contributed by atoms with van der Waals surface area (Å²) >= 11 is 6.23. The van der Waals surface area contributed by atoms with Crippen LogP contribution in [0.25, 0.3) is 0 Å². The first-order valence-corrected chi connectivity index (χ1v) is 9.67. The lowest BCUT2D eigenvalue weighted by atomic mass is 10.3.